The number of aryl methyl sites for hydroxylation is 2. The first-order valence-corrected chi connectivity index (χ1v) is 9.59. The van der Waals surface area contributed by atoms with Crippen LogP contribution in [0.4, 0.5) is 17.2 Å². The zero-order valence-electron chi connectivity index (χ0n) is 16.0. The van der Waals surface area contributed by atoms with Gasteiger partial charge in [-0.2, -0.15) is 0 Å². The number of aromatic nitrogens is 2. The van der Waals surface area contributed by atoms with Gasteiger partial charge in [0.1, 0.15) is 17.3 Å². The van der Waals surface area contributed by atoms with Crippen molar-refractivity contribution in [3.05, 3.63) is 65.6 Å². The summed E-state index contributed by atoms with van der Waals surface area (Å²) >= 11 is 0. The van der Waals surface area contributed by atoms with E-state index >= 15 is 0 Å². The molecule has 0 bridgehead atoms. The van der Waals surface area contributed by atoms with Crippen LogP contribution in [0.3, 0.4) is 0 Å². The molecule has 29 heavy (non-hydrogen) atoms. The lowest BCUT2D eigenvalue weighted by Gasteiger charge is -2.30. The topological polar surface area (TPSA) is 76.6 Å². The molecule has 1 N–H and O–H groups in total. The Kier molecular flexibility index (Phi) is 4.27. The van der Waals surface area contributed by atoms with Crippen LogP contribution in [0.15, 0.2) is 48.5 Å². The fraction of sp³-hybridized carbons (Fsp3) is 0.227. The molecule has 7 nitrogen and oxygen atoms in total. The summed E-state index contributed by atoms with van der Waals surface area (Å²) < 4.78 is 10.7. The van der Waals surface area contributed by atoms with Gasteiger partial charge in [0.15, 0.2) is 11.5 Å². The summed E-state index contributed by atoms with van der Waals surface area (Å²) in [7, 11) is 0. The van der Waals surface area contributed by atoms with E-state index < -0.39 is 0 Å². The van der Waals surface area contributed by atoms with Gasteiger partial charge in [-0.05, 0) is 43.5 Å². The number of rotatable bonds is 3. The van der Waals surface area contributed by atoms with Crippen LogP contribution in [0.1, 0.15) is 28.3 Å². The van der Waals surface area contributed by atoms with E-state index in [0.717, 1.165) is 30.9 Å². The van der Waals surface area contributed by atoms with Crippen molar-refractivity contribution in [3.8, 4) is 11.5 Å². The summed E-state index contributed by atoms with van der Waals surface area (Å²) in [5.41, 5.74) is 3.38. The van der Waals surface area contributed by atoms with Crippen LogP contribution < -0.4 is 19.7 Å². The number of hydrogen-bond donors (Lipinski definition) is 1. The molecule has 0 fully saturated rings. The van der Waals surface area contributed by atoms with E-state index in [-0.39, 0.29) is 12.7 Å². The average molecular weight is 388 g/mol. The molecule has 2 aromatic carbocycles. The molecule has 2 aliphatic rings. The van der Waals surface area contributed by atoms with Gasteiger partial charge in [0, 0.05) is 30.1 Å². The van der Waals surface area contributed by atoms with Crippen LogP contribution in [-0.4, -0.2) is 29.2 Å². The van der Waals surface area contributed by atoms with Crippen molar-refractivity contribution in [2.45, 2.75) is 19.8 Å². The monoisotopic (exact) mass is 388 g/mol. The molecule has 1 amide bonds. The largest absolute Gasteiger partial charge is 0.454 e. The fourth-order valence-corrected chi connectivity index (χ4v) is 3.75. The van der Waals surface area contributed by atoms with E-state index in [1.54, 1.807) is 31.2 Å². The molecular formula is C22H20N4O3. The Labute approximate surface area is 168 Å². The molecule has 3 aromatic rings. The third kappa shape index (κ3) is 3.35. The van der Waals surface area contributed by atoms with Crippen molar-refractivity contribution in [2.75, 3.05) is 23.6 Å². The maximum absolute atomic E-state index is 12.9. The molecule has 146 valence electrons. The van der Waals surface area contributed by atoms with Crippen LogP contribution in [-0.2, 0) is 6.42 Å². The van der Waals surface area contributed by atoms with Crippen molar-refractivity contribution < 1.29 is 14.3 Å². The van der Waals surface area contributed by atoms with E-state index in [1.165, 1.54) is 5.56 Å². The lowest BCUT2D eigenvalue weighted by Crippen LogP contribution is -2.26. The molecule has 1 aromatic heterocycles. The lowest BCUT2D eigenvalue weighted by molar-refractivity contribution is 0.102. The highest BCUT2D eigenvalue weighted by Gasteiger charge is 2.21. The number of hydrogen-bond acceptors (Lipinski definition) is 6. The highest BCUT2D eigenvalue weighted by molar-refractivity contribution is 6.03. The van der Waals surface area contributed by atoms with Crippen LogP contribution in [0.2, 0.25) is 0 Å². The number of nitrogens with zero attached hydrogens (tertiary/aromatic N) is 3. The molecule has 0 aliphatic carbocycles. The number of carbonyl (C=O) groups excluding carboxylic acids is 1. The number of para-hydroxylation sites is 1. The van der Waals surface area contributed by atoms with Crippen molar-refractivity contribution >= 4 is 23.1 Å². The smallest absolute Gasteiger partial charge is 0.274 e. The third-order valence-electron chi connectivity index (χ3n) is 5.07. The maximum atomic E-state index is 12.9. The number of nitrogens with one attached hydrogen (secondary N) is 1. The molecule has 0 saturated carbocycles. The van der Waals surface area contributed by atoms with Gasteiger partial charge in [-0.3, -0.25) is 4.79 Å². The van der Waals surface area contributed by atoms with Gasteiger partial charge in [-0.15, -0.1) is 0 Å². The van der Waals surface area contributed by atoms with E-state index in [4.69, 9.17) is 9.47 Å². The molecule has 5 rings (SSSR count). The zero-order chi connectivity index (χ0) is 19.8. The first-order valence-electron chi connectivity index (χ1n) is 9.59. The van der Waals surface area contributed by atoms with Crippen LogP contribution in [0, 0.1) is 6.92 Å². The SMILES string of the molecule is Cc1nc(C(=O)Nc2ccc3c(c2)OCO3)cc(N2CCCc3ccccc32)n1. The normalized spacial score (nSPS) is 14.4. The number of amides is 1. The first kappa shape index (κ1) is 17.5. The molecular weight excluding hydrogens is 368 g/mol. The van der Waals surface area contributed by atoms with E-state index in [9.17, 15) is 4.79 Å². The zero-order valence-corrected chi connectivity index (χ0v) is 16.0. The van der Waals surface area contributed by atoms with Gasteiger partial charge in [0.2, 0.25) is 6.79 Å². The van der Waals surface area contributed by atoms with Gasteiger partial charge in [-0.1, -0.05) is 18.2 Å². The van der Waals surface area contributed by atoms with Gasteiger partial charge in [0.25, 0.3) is 5.91 Å². The number of benzene rings is 2. The maximum Gasteiger partial charge on any atom is 0.274 e. The highest BCUT2D eigenvalue weighted by atomic mass is 16.7. The Morgan fingerprint density at radius 2 is 1.93 bits per heavy atom. The van der Waals surface area contributed by atoms with Crippen molar-refractivity contribution in [3.63, 3.8) is 0 Å². The van der Waals surface area contributed by atoms with Gasteiger partial charge < -0.3 is 19.7 Å². The fourth-order valence-electron chi connectivity index (χ4n) is 3.75. The Bertz CT molecular complexity index is 1100. The predicted molar refractivity (Wildman–Crippen MR) is 109 cm³/mol. The van der Waals surface area contributed by atoms with Gasteiger partial charge >= 0.3 is 0 Å². The Morgan fingerprint density at radius 1 is 1.07 bits per heavy atom. The summed E-state index contributed by atoms with van der Waals surface area (Å²) in [5, 5.41) is 2.88. The highest BCUT2D eigenvalue weighted by Crippen LogP contribution is 2.35. The van der Waals surface area contributed by atoms with Gasteiger partial charge in [0.05, 0.1) is 0 Å². The minimum Gasteiger partial charge on any atom is -0.454 e. The number of fused-ring (bicyclic) bond motifs is 2. The van der Waals surface area contributed by atoms with Crippen molar-refractivity contribution in [1.29, 1.82) is 0 Å². The second-order valence-electron chi connectivity index (χ2n) is 7.06. The number of carbonyl (C=O) groups is 1. The van der Waals surface area contributed by atoms with Gasteiger partial charge in [-0.25, -0.2) is 9.97 Å². The number of anilines is 3. The second-order valence-corrected chi connectivity index (χ2v) is 7.06. The van der Waals surface area contributed by atoms with Crippen LogP contribution >= 0.6 is 0 Å². The molecule has 0 atom stereocenters. The predicted octanol–water partition coefficient (Wildman–Crippen LogP) is 3.85. The molecule has 2 aliphatic heterocycles. The summed E-state index contributed by atoms with van der Waals surface area (Å²) in [5.74, 6) is 2.29. The minimum atomic E-state index is -0.291. The van der Waals surface area contributed by atoms with E-state index in [0.29, 0.717) is 28.7 Å². The van der Waals surface area contributed by atoms with Crippen LogP contribution in [0.5, 0.6) is 11.5 Å². The second kappa shape index (κ2) is 7.09. The third-order valence-corrected chi connectivity index (χ3v) is 5.07. The van der Waals surface area contributed by atoms with Crippen molar-refractivity contribution in [2.24, 2.45) is 0 Å². The van der Waals surface area contributed by atoms with Crippen LogP contribution in [0.25, 0.3) is 0 Å². The average Bonchev–Trinajstić information content (AvgIpc) is 3.21. The van der Waals surface area contributed by atoms with Crippen molar-refractivity contribution in [1.82, 2.24) is 9.97 Å². The summed E-state index contributed by atoms with van der Waals surface area (Å²) in [4.78, 5) is 24.0. The summed E-state index contributed by atoms with van der Waals surface area (Å²) in [6, 6.07) is 15.4. The summed E-state index contributed by atoms with van der Waals surface area (Å²) in [6.45, 7) is 2.85. The first-order chi connectivity index (χ1) is 14.2. The molecule has 7 heteroatoms. The molecule has 0 radical (unpaired) electrons. The van der Waals surface area contributed by atoms with E-state index in [2.05, 4.69) is 38.4 Å². The summed E-state index contributed by atoms with van der Waals surface area (Å²) in [6.07, 6.45) is 2.09. The molecule has 0 saturated heterocycles. The standard InChI is InChI=1S/C22H20N4O3/c1-14-23-17(22(27)25-16-8-9-19-20(11-16)29-13-28-19)12-21(24-14)26-10-4-6-15-5-2-3-7-18(15)26/h2-3,5,7-9,11-12H,4,6,10,13H2,1H3,(H,25,27). The minimum absolute atomic E-state index is 0.193. The quantitative estimate of drug-likeness (QED) is 0.734. The lowest BCUT2D eigenvalue weighted by atomic mass is 10.0. The Balaban J connectivity index is 1.43. The molecule has 0 spiro atoms. The number of ether oxygens (including phenoxy) is 2. The molecule has 3 heterocycles. The Morgan fingerprint density at radius 3 is 2.86 bits per heavy atom. The Hall–Kier alpha value is -3.61. The van der Waals surface area contributed by atoms with E-state index in [1.807, 2.05) is 6.07 Å². The molecule has 0 unspecified atom stereocenters.